The third-order valence-corrected chi connectivity index (χ3v) is 5.13. The molecule has 1 fully saturated rings. The quantitative estimate of drug-likeness (QED) is 0.444. The molecule has 0 unspecified atom stereocenters. The fourth-order valence-corrected chi connectivity index (χ4v) is 3.55. The van der Waals surface area contributed by atoms with Crippen molar-refractivity contribution in [3.8, 4) is 11.5 Å². The van der Waals surface area contributed by atoms with Crippen molar-refractivity contribution in [2.75, 3.05) is 26.8 Å². The molecule has 2 aromatic carbocycles. The van der Waals surface area contributed by atoms with E-state index in [0.29, 0.717) is 25.0 Å². The lowest BCUT2D eigenvalue weighted by Crippen LogP contribution is -2.28. The van der Waals surface area contributed by atoms with Gasteiger partial charge in [0.2, 0.25) is 0 Å². The maximum Gasteiger partial charge on any atom is 0.287 e. The van der Waals surface area contributed by atoms with E-state index in [0.717, 1.165) is 30.8 Å². The van der Waals surface area contributed by atoms with Crippen LogP contribution in [0.2, 0.25) is 0 Å². The van der Waals surface area contributed by atoms with Crippen LogP contribution in [0, 0.1) is 5.82 Å². The SMILES string of the molecule is COC1=NCCN1Cc1ccc(COc2cc(F)cc(O/N=C\[C@H]3COC(C)(C)O3)c2)cc1. The summed E-state index contributed by atoms with van der Waals surface area (Å²) in [5.41, 5.74) is 2.11. The van der Waals surface area contributed by atoms with E-state index in [1.54, 1.807) is 13.2 Å². The molecular weight excluding hydrogens is 429 g/mol. The van der Waals surface area contributed by atoms with Crippen LogP contribution < -0.4 is 9.57 Å². The Kier molecular flexibility index (Phi) is 7.10. The molecule has 8 nitrogen and oxygen atoms in total. The Balaban J connectivity index is 1.29. The lowest BCUT2D eigenvalue weighted by Gasteiger charge is -2.18. The van der Waals surface area contributed by atoms with E-state index in [4.69, 9.17) is 23.8 Å². The smallest absolute Gasteiger partial charge is 0.287 e. The Morgan fingerprint density at radius 2 is 1.94 bits per heavy atom. The molecule has 0 amide bonds. The Hall–Kier alpha value is -3.17. The van der Waals surface area contributed by atoms with Crippen molar-refractivity contribution in [1.82, 2.24) is 4.90 Å². The van der Waals surface area contributed by atoms with Crippen molar-refractivity contribution >= 4 is 12.2 Å². The summed E-state index contributed by atoms with van der Waals surface area (Å²) in [7, 11) is 1.63. The van der Waals surface area contributed by atoms with Crippen LogP contribution in [0.1, 0.15) is 25.0 Å². The van der Waals surface area contributed by atoms with Gasteiger partial charge in [0.25, 0.3) is 6.02 Å². The summed E-state index contributed by atoms with van der Waals surface area (Å²) in [5, 5.41) is 3.88. The standard InChI is InChI=1S/C24H28FN3O5/c1-24(2)31-16-22(32-24)13-27-33-21-11-19(25)10-20(12-21)30-15-18-6-4-17(5-7-18)14-28-9-8-26-23(28)29-3/h4-7,10-13,22H,8-9,14-16H2,1-3H3/b27-13-/t22-/m0/s1. The summed E-state index contributed by atoms with van der Waals surface area (Å²) in [6, 6.07) is 12.9. The molecular formula is C24H28FN3O5. The zero-order chi connectivity index (χ0) is 23.3. The van der Waals surface area contributed by atoms with Crippen molar-refractivity contribution in [2.45, 2.75) is 38.9 Å². The van der Waals surface area contributed by atoms with Gasteiger partial charge in [-0.1, -0.05) is 29.4 Å². The molecule has 0 aromatic heterocycles. The van der Waals surface area contributed by atoms with Crippen LogP contribution in [-0.4, -0.2) is 55.8 Å². The third kappa shape index (κ3) is 6.43. The van der Waals surface area contributed by atoms with Crippen LogP contribution in [0.4, 0.5) is 4.39 Å². The molecule has 0 bridgehead atoms. The molecule has 1 atom stereocenters. The van der Waals surface area contributed by atoms with Crippen LogP contribution in [0.15, 0.2) is 52.6 Å². The number of rotatable bonds is 8. The molecule has 1 saturated heterocycles. The van der Waals surface area contributed by atoms with Gasteiger partial charge in [0.05, 0.1) is 26.5 Å². The molecule has 4 rings (SSSR count). The summed E-state index contributed by atoms with van der Waals surface area (Å²) in [6.45, 7) is 6.66. The maximum absolute atomic E-state index is 14.0. The van der Waals surface area contributed by atoms with Gasteiger partial charge >= 0.3 is 0 Å². The molecule has 2 aliphatic rings. The Morgan fingerprint density at radius 1 is 1.18 bits per heavy atom. The molecule has 2 aromatic rings. The summed E-state index contributed by atoms with van der Waals surface area (Å²) in [6.07, 6.45) is 1.18. The van der Waals surface area contributed by atoms with Crippen molar-refractivity contribution in [3.63, 3.8) is 0 Å². The van der Waals surface area contributed by atoms with E-state index in [-0.39, 0.29) is 11.9 Å². The van der Waals surface area contributed by atoms with Gasteiger partial charge in [0.15, 0.2) is 11.5 Å². The minimum atomic E-state index is -0.649. The average Bonchev–Trinajstić information content (AvgIpc) is 3.38. The number of hydrogen-bond donors (Lipinski definition) is 0. The second-order valence-corrected chi connectivity index (χ2v) is 8.23. The highest BCUT2D eigenvalue weighted by Gasteiger charge is 2.31. The number of methoxy groups -OCH3 is 1. The first-order chi connectivity index (χ1) is 15.9. The van der Waals surface area contributed by atoms with Crippen LogP contribution in [0.25, 0.3) is 0 Å². The van der Waals surface area contributed by atoms with Gasteiger partial charge < -0.3 is 28.7 Å². The van der Waals surface area contributed by atoms with E-state index < -0.39 is 11.6 Å². The Morgan fingerprint density at radius 3 is 2.67 bits per heavy atom. The van der Waals surface area contributed by atoms with Crippen LogP contribution in [-0.2, 0) is 27.4 Å². The van der Waals surface area contributed by atoms with Gasteiger partial charge in [-0.05, 0) is 25.0 Å². The lowest BCUT2D eigenvalue weighted by molar-refractivity contribution is -0.131. The normalized spacial score (nSPS) is 19.7. The molecule has 0 aliphatic carbocycles. The predicted molar refractivity (Wildman–Crippen MR) is 121 cm³/mol. The summed E-state index contributed by atoms with van der Waals surface area (Å²) in [5.74, 6) is -0.542. The number of halogens is 1. The minimum Gasteiger partial charge on any atom is -0.489 e. The maximum atomic E-state index is 14.0. The van der Waals surface area contributed by atoms with Crippen molar-refractivity contribution < 1.29 is 28.2 Å². The number of amidine groups is 1. The molecule has 176 valence electrons. The Bertz CT molecular complexity index is 1010. The second-order valence-electron chi connectivity index (χ2n) is 8.23. The Labute approximate surface area is 192 Å². The predicted octanol–water partition coefficient (Wildman–Crippen LogP) is 3.74. The van der Waals surface area contributed by atoms with Crippen LogP contribution in [0.3, 0.4) is 0 Å². The first kappa shape index (κ1) is 23.0. The van der Waals surface area contributed by atoms with Gasteiger partial charge in [-0.2, -0.15) is 0 Å². The number of hydrogen-bond acceptors (Lipinski definition) is 8. The number of benzene rings is 2. The number of oxime groups is 1. The van der Waals surface area contributed by atoms with Gasteiger partial charge in [0.1, 0.15) is 24.3 Å². The molecule has 9 heteroatoms. The molecule has 33 heavy (non-hydrogen) atoms. The highest BCUT2D eigenvalue weighted by atomic mass is 19.1. The highest BCUT2D eigenvalue weighted by Crippen LogP contribution is 2.24. The minimum absolute atomic E-state index is 0.232. The topological polar surface area (TPSA) is 74.1 Å². The molecule has 0 spiro atoms. The fourth-order valence-electron chi connectivity index (χ4n) is 3.55. The zero-order valence-corrected chi connectivity index (χ0v) is 19.0. The number of aliphatic imine (C=N–C) groups is 1. The van der Waals surface area contributed by atoms with Crippen molar-refractivity contribution in [1.29, 1.82) is 0 Å². The van der Waals surface area contributed by atoms with Gasteiger partial charge in [-0.3, -0.25) is 0 Å². The molecule has 2 aliphatic heterocycles. The highest BCUT2D eigenvalue weighted by molar-refractivity contribution is 5.75. The second kappa shape index (κ2) is 10.2. The monoisotopic (exact) mass is 457 g/mol. The fraction of sp³-hybridized carbons (Fsp3) is 0.417. The zero-order valence-electron chi connectivity index (χ0n) is 19.0. The number of ether oxygens (including phenoxy) is 4. The van der Waals surface area contributed by atoms with E-state index in [9.17, 15) is 4.39 Å². The van der Waals surface area contributed by atoms with E-state index >= 15 is 0 Å². The van der Waals surface area contributed by atoms with Crippen LogP contribution >= 0.6 is 0 Å². The van der Waals surface area contributed by atoms with E-state index in [1.807, 2.05) is 38.1 Å². The summed E-state index contributed by atoms with van der Waals surface area (Å²) in [4.78, 5) is 11.7. The summed E-state index contributed by atoms with van der Waals surface area (Å²) >= 11 is 0. The first-order valence-electron chi connectivity index (χ1n) is 10.8. The molecule has 0 saturated carbocycles. The van der Waals surface area contributed by atoms with Gasteiger partial charge in [-0.25, -0.2) is 9.38 Å². The van der Waals surface area contributed by atoms with Crippen molar-refractivity contribution in [2.24, 2.45) is 10.1 Å². The summed E-state index contributed by atoms with van der Waals surface area (Å²) < 4.78 is 36.1. The first-order valence-corrected chi connectivity index (χ1v) is 10.8. The van der Waals surface area contributed by atoms with E-state index in [2.05, 4.69) is 15.0 Å². The van der Waals surface area contributed by atoms with E-state index in [1.165, 1.54) is 18.3 Å². The van der Waals surface area contributed by atoms with Crippen LogP contribution in [0.5, 0.6) is 11.5 Å². The largest absolute Gasteiger partial charge is 0.489 e. The van der Waals surface area contributed by atoms with Gasteiger partial charge in [-0.15, -0.1) is 0 Å². The lowest BCUT2D eigenvalue weighted by atomic mass is 10.1. The number of nitrogens with zero attached hydrogens (tertiary/aromatic N) is 3. The molecule has 0 radical (unpaired) electrons. The van der Waals surface area contributed by atoms with Crippen molar-refractivity contribution in [3.05, 3.63) is 59.4 Å². The molecule has 2 heterocycles. The average molecular weight is 458 g/mol. The molecule has 0 N–H and O–H groups in total. The third-order valence-electron chi connectivity index (χ3n) is 5.13. The van der Waals surface area contributed by atoms with Gasteiger partial charge in [0, 0.05) is 31.3 Å².